The van der Waals surface area contributed by atoms with Crippen LogP contribution in [0.3, 0.4) is 0 Å². The lowest BCUT2D eigenvalue weighted by Crippen LogP contribution is -2.37. The largest absolute Gasteiger partial charge is 0.496 e. The van der Waals surface area contributed by atoms with Gasteiger partial charge < -0.3 is 20.1 Å². The van der Waals surface area contributed by atoms with E-state index in [2.05, 4.69) is 15.4 Å². The maximum Gasteiger partial charge on any atom is 0.267 e. The first-order chi connectivity index (χ1) is 14.2. The van der Waals surface area contributed by atoms with Crippen molar-refractivity contribution in [3.05, 3.63) is 53.1 Å². The van der Waals surface area contributed by atoms with E-state index in [4.69, 9.17) is 21.7 Å². The van der Waals surface area contributed by atoms with Crippen LogP contribution in [0.1, 0.15) is 21.5 Å². The molecular formula is C20H25N3O5S2. The molecule has 30 heavy (non-hydrogen) atoms. The number of aryl methyl sites for hydroxylation is 1. The van der Waals surface area contributed by atoms with Crippen LogP contribution in [0.15, 0.2) is 41.3 Å². The summed E-state index contributed by atoms with van der Waals surface area (Å²) in [6, 6.07) is 10.2. The monoisotopic (exact) mass is 451 g/mol. The minimum absolute atomic E-state index is 0.0261. The number of hydrogen-bond donors (Lipinski definition) is 3. The number of carbonyl (C=O) groups is 1. The van der Waals surface area contributed by atoms with Crippen molar-refractivity contribution in [1.29, 1.82) is 0 Å². The number of ether oxygens (including phenoxy) is 2. The number of benzene rings is 2. The highest BCUT2D eigenvalue weighted by molar-refractivity contribution is 7.92. The Labute approximate surface area is 182 Å². The quantitative estimate of drug-likeness (QED) is 0.525. The molecule has 0 aliphatic carbocycles. The molecule has 0 heterocycles. The summed E-state index contributed by atoms with van der Waals surface area (Å²) in [6.45, 7) is 2.20. The normalized spacial score (nSPS) is 10.8. The van der Waals surface area contributed by atoms with Crippen LogP contribution in [0.5, 0.6) is 11.5 Å². The fourth-order valence-electron chi connectivity index (χ4n) is 2.73. The lowest BCUT2D eigenvalue weighted by Gasteiger charge is -2.14. The standard InChI is InChI=1S/C20H25N3O5S2/c1-13-5-7-16(27-3)15(11-13)19(24)22-10-9-14-6-8-17(28-4)18(12-14)30(25,26)23-20(29)21-2/h5-8,11-12H,9-10H2,1-4H3,(H,22,24)(H2,21,23,29). The number of sulfonamides is 1. The molecule has 0 atom stereocenters. The Morgan fingerprint density at radius 2 is 1.73 bits per heavy atom. The van der Waals surface area contributed by atoms with Gasteiger partial charge >= 0.3 is 0 Å². The van der Waals surface area contributed by atoms with Crippen LogP contribution in [-0.2, 0) is 16.4 Å². The molecule has 2 rings (SSSR count). The molecule has 8 nitrogen and oxygen atoms in total. The van der Waals surface area contributed by atoms with Gasteiger partial charge in [-0.3, -0.25) is 9.52 Å². The zero-order valence-electron chi connectivity index (χ0n) is 17.2. The Morgan fingerprint density at radius 3 is 2.37 bits per heavy atom. The summed E-state index contributed by atoms with van der Waals surface area (Å²) in [5.74, 6) is 0.416. The van der Waals surface area contributed by atoms with Crippen LogP contribution in [0.4, 0.5) is 0 Å². The molecule has 0 radical (unpaired) electrons. The summed E-state index contributed by atoms with van der Waals surface area (Å²) in [5.41, 5.74) is 2.10. The number of thiocarbonyl (C=S) groups is 1. The summed E-state index contributed by atoms with van der Waals surface area (Å²) in [4.78, 5) is 12.5. The summed E-state index contributed by atoms with van der Waals surface area (Å²) in [6.07, 6.45) is 0.420. The fourth-order valence-corrected chi connectivity index (χ4v) is 4.24. The van der Waals surface area contributed by atoms with E-state index < -0.39 is 10.0 Å². The van der Waals surface area contributed by atoms with Crippen molar-refractivity contribution in [2.75, 3.05) is 27.8 Å². The van der Waals surface area contributed by atoms with Crippen LogP contribution < -0.4 is 24.8 Å². The van der Waals surface area contributed by atoms with Crippen LogP contribution in [0, 0.1) is 6.92 Å². The van der Waals surface area contributed by atoms with E-state index in [1.807, 2.05) is 13.0 Å². The van der Waals surface area contributed by atoms with Gasteiger partial charge in [0.25, 0.3) is 15.9 Å². The second-order valence-corrected chi connectivity index (χ2v) is 8.44. The highest BCUT2D eigenvalue weighted by Crippen LogP contribution is 2.25. The Bertz CT molecular complexity index is 1040. The molecule has 0 aliphatic rings. The van der Waals surface area contributed by atoms with Crippen LogP contribution in [0.2, 0.25) is 0 Å². The third-order valence-corrected chi connectivity index (χ3v) is 6.08. The number of methoxy groups -OCH3 is 2. The first-order valence-electron chi connectivity index (χ1n) is 9.06. The molecule has 0 aromatic heterocycles. The zero-order chi connectivity index (χ0) is 22.3. The molecule has 10 heteroatoms. The third kappa shape index (κ3) is 5.83. The highest BCUT2D eigenvalue weighted by Gasteiger charge is 2.21. The topological polar surface area (TPSA) is 106 Å². The second kappa shape index (κ2) is 10.3. The molecule has 1 amide bonds. The number of nitrogens with one attached hydrogen (secondary N) is 3. The molecule has 0 aliphatic heterocycles. The number of carbonyl (C=O) groups excluding carboxylic acids is 1. The maximum absolute atomic E-state index is 12.6. The first kappa shape index (κ1) is 23.4. The molecule has 0 unspecified atom stereocenters. The molecular weight excluding hydrogens is 426 g/mol. The van der Waals surface area contributed by atoms with Crippen molar-refractivity contribution in [2.45, 2.75) is 18.2 Å². The predicted molar refractivity (Wildman–Crippen MR) is 119 cm³/mol. The Morgan fingerprint density at radius 1 is 1.07 bits per heavy atom. The van der Waals surface area contributed by atoms with Crippen molar-refractivity contribution in [2.24, 2.45) is 0 Å². The Hall–Kier alpha value is -2.85. The molecule has 2 aromatic rings. The van der Waals surface area contributed by atoms with Gasteiger partial charge in [-0.2, -0.15) is 0 Å². The number of amides is 1. The molecule has 0 saturated carbocycles. The van der Waals surface area contributed by atoms with E-state index in [-0.39, 0.29) is 21.7 Å². The molecule has 162 valence electrons. The summed E-state index contributed by atoms with van der Waals surface area (Å²) < 4.78 is 37.9. The van der Waals surface area contributed by atoms with Gasteiger partial charge in [0.15, 0.2) is 5.11 Å². The van der Waals surface area contributed by atoms with Crippen molar-refractivity contribution < 1.29 is 22.7 Å². The van der Waals surface area contributed by atoms with Gasteiger partial charge in [-0.05, 0) is 55.4 Å². The Balaban J connectivity index is 2.14. The average Bonchev–Trinajstić information content (AvgIpc) is 2.73. The molecule has 0 bridgehead atoms. The van der Waals surface area contributed by atoms with Gasteiger partial charge in [0, 0.05) is 13.6 Å². The fraction of sp³-hybridized carbons (Fsp3) is 0.300. The van der Waals surface area contributed by atoms with E-state index in [1.165, 1.54) is 27.3 Å². The van der Waals surface area contributed by atoms with E-state index in [1.54, 1.807) is 24.3 Å². The zero-order valence-corrected chi connectivity index (χ0v) is 18.9. The van der Waals surface area contributed by atoms with Crippen molar-refractivity contribution >= 4 is 33.3 Å². The van der Waals surface area contributed by atoms with E-state index in [0.29, 0.717) is 29.8 Å². The maximum atomic E-state index is 12.6. The minimum Gasteiger partial charge on any atom is -0.496 e. The van der Waals surface area contributed by atoms with E-state index in [9.17, 15) is 13.2 Å². The van der Waals surface area contributed by atoms with Crippen molar-refractivity contribution in [1.82, 2.24) is 15.4 Å². The lowest BCUT2D eigenvalue weighted by molar-refractivity contribution is 0.0951. The van der Waals surface area contributed by atoms with Gasteiger partial charge in [-0.25, -0.2) is 8.42 Å². The SMILES string of the molecule is CNC(=S)NS(=O)(=O)c1cc(CCNC(=O)c2cc(C)ccc2OC)ccc1OC. The van der Waals surface area contributed by atoms with Gasteiger partial charge in [0.1, 0.15) is 16.4 Å². The highest BCUT2D eigenvalue weighted by atomic mass is 32.2. The molecule has 3 N–H and O–H groups in total. The molecule has 0 saturated heterocycles. The smallest absolute Gasteiger partial charge is 0.267 e. The molecule has 2 aromatic carbocycles. The summed E-state index contributed by atoms with van der Waals surface area (Å²) in [5, 5.41) is 5.37. The second-order valence-electron chi connectivity index (χ2n) is 6.38. The predicted octanol–water partition coefficient (Wildman–Crippen LogP) is 1.77. The van der Waals surface area contributed by atoms with Crippen LogP contribution in [0.25, 0.3) is 0 Å². The van der Waals surface area contributed by atoms with Gasteiger partial charge in [0.2, 0.25) is 0 Å². The number of hydrogen-bond acceptors (Lipinski definition) is 6. The van der Waals surface area contributed by atoms with Crippen LogP contribution in [-0.4, -0.2) is 47.2 Å². The molecule has 0 fully saturated rings. The van der Waals surface area contributed by atoms with Crippen LogP contribution >= 0.6 is 12.2 Å². The summed E-state index contributed by atoms with van der Waals surface area (Å²) >= 11 is 4.89. The van der Waals surface area contributed by atoms with E-state index >= 15 is 0 Å². The Kier molecular flexibility index (Phi) is 8.01. The van der Waals surface area contributed by atoms with E-state index in [0.717, 1.165) is 5.56 Å². The van der Waals surface area contributed by atoms with Gasteiger partial charge in [-0.15, -0.1) is 0 Å². The third-order valence-electron chi connectivity index (χ3n) is 4.27. The first-order valence-corrected chi connectivity index (χ1v) is 10.9. The average molecular weight is 452 g/mol. The van der Waals surface area contributed by atoms with Gasteiger partial charge in [-0.1, -0.05) is 17.7 Å². The number of rotatable bonds is 8. The van der Waals surface area contributed by atoms with Crippen molar-refractivity contribution in [3.8, 4) is 11.5 Å². The summed E-state index contributed by atoms with van der Waals surface area (Å²) in [7, 11) is 0.498. The van der Waals surface area contributed by atoms with Crippen molar-refractivity contribution in [3.63, 3.8) is 0 Å². The lowest BCUT2D eigenvalue weighted by atomic mass is 10.1. The molecule has 0 spiro atoms. The van der Waals surface area contributed by atoms with Gasteiger partial charge in [0.05, 0.1) is 19.8 Å². The minimum atomic E-state index is -3.92.